The Morgan fingerprint density at radius 3 is 2.61 bits per heavy atom. The number of nitrogens with zero attached hydrogens (tertiary/aromatic N) is 3. The van der Waals surface area contributed by atoms with Crippen LogP contribution in [0.4, 0.5) is 5.69 Å². The summed E-state index contributed by atoms with van der Waals surface area (Å²) in [6.45, 7) is 8.35. The summed E-state index contributed by atoms with van der Waals surface area (Å²) < 4.78 is 7.54. The molecule has 2 heterocycles. The number of rotatable bonds is 7. The summed E-state index contributed by atoms with van der Waals surface area (Å²) in [7, 11) is 0. The number of para-hydroxylation sites is 1. The van der Waals surface area contributed by atoms with Gasteiger partial charge >= 0.3 is 0 Å². The summed E-state index contributed by atoms with van der Waals surface area (Å²) in [5.41, 5.74) is 4.19. The predicted molar refractivity (Wildman–Crippen MR) is 122 cm³/mol. The molecule has 0 aliphatic carbocycles. The molecule has 1 aromatic heterocycles. The lowest BCUT2D eigenvalue weighted by molar-refractivity contribution is -0.922. The van der Waals surface area contributed by atoms with Crippen molar-refractivity contribution in [3.63, 3.8) is 0 Å². The molecule has 2 N–H and O–H groups in total. The number of carbonyl (C=O) groups excluding carboxylic acids is 1. The normalized spacial score (nSPS) is 14.5. The van der Waals surface area contributed by atoms with Crippen molar-refractivity contribution in [3.8, 4) is 5.69 Å². The minimum absolute atomic E-state index is 0.0591. The van der Waals surface area contributed by atoms with Gasteiger partial charge in [-0.2, -0.15) is 0 Å². The number of hydrogen-bond acceptors (Lipinski definition) is 5. The van der Waals surface area contributed by atoms with Gasteiger partial charge in [-0.25, -0.2) is 0 Å². The van der Waals surface area contributed by atoms with Crippen molar-refractivity contribution in [1.29, 1.82) is 0 Å². The number of aryl methyl sites for hydroxylation is 2. The molecule has 1 saturated heterocycles. The fourth-order valence-corrected chi connectivity index (χ4v) is 4.32. The Bertz CT molecular complexity index is 1030. The molecule has 3 aromatic rings. The molecular formula is C23H28N5O2S+. The Hall–Kier alpha value is -2.68. The van der Waals surface area contributed by atoms with E-state index in [4.69, 9.17) is 4.74 Å². The monoisotopic (exact) mass is 438 g/mol. The SMILES string of the molecule is Cc1ccc(NC(=O)CSc2nnc(C[NH+]3CCOCC3)n2-c2ccccc2)cc1C. The largest absolute Gasteiger partial charge is 0.370 e. The highest BCUT2D eigenvalue weighted by Crippen LogP contribution is 2.22. The third-order valence-electron chi connectivity index (χ3n) is 5.45. The fourth-order valence-electron chi connectivity index (χ4n) is 3.55. The molecule has 0 spiro atoms. The quantitative estimate of drug-likeness (QED) is 0.552. The van der Waals surface area contributed by atoms with Gasteiger partial charge < -0.3 is 15.0 Å². The van der Waals surface area contributed by atoms with Gasteiger partial charge in [-0.3, -0.25) is 9.36 Å². The van der Waals surface area contributed by atoms with Crippen molar-refractivity contribution in [3.05, 3.63) is 65.5 Å². The molecule has 0 bridgehead atoms. The highest BCUT2D eigenvalue weighted by Gasteiger charge is 2.21. The van der Waals surface area contributed by atoms with E-state index in [1.807, 2.05) is 55.5 Å². The second-order valence-corrected chi connectivity index (χ2v) is 8.69. The second kappa shape index (κ2) is 10.1. The summed E-state index contributed by atoms with van der Waals surface area (Å²) in [5.74, 6) is 1.11. The van der Waals surface area contributed by atoms with E-state index in [-0.39, 0.29) is 11.7 Å². The Morgan fingerprint density at radius 1 is 1.10 bits per heavy atom. The topological polar surface area (TPSA) is 73.5 Å². The van der Waals surface area contributed by atoms with Crippen LogP contribution in [-0.2, 0) is 16.1 Å². The van der Waals surface area contributed by atoms with E-state index in [0.717, 1.165) is 60.8 Å². The van der Waals surface area contributed by atoms with E-state index in [1.54, 1.807) is 0 Å². The van der Waals surface area contributed by atoms with E-state index in [9.17, 15) is 4.79 Å². The lowest BCUT2D eigenvalue weighted by Crippen LogP contribution is -3.12. The van der Waals surface area contributed by atoms with Crippen molar-refractivity contribution < 1.29 is 14.4 Å². The number of quaternary nitrogens is 1. The van der Waals surface area contributed by atoms with Crippen LogP contribution in [0.25, 0.3) is 5.69 Å². The predicted octanol–water partition coefficient (Wildman–Crippen LogP) is 2.03. The number of aromatic nitrogens is 3. The minimum Gasteiger partial charge on any atom is -0.370 e. The molecule has 4 rings (SSSR count). The van der Waals surface area contributed by atoms with Crippen molar-refractivity contribution in [2.24, 2.45) is 0 Å². The zero-order chi connectivity index (χ0) is 21.6. The van der Waals surface area contributed by atoms with E-state index in [1.165, 1.54) is 22.2 Å². The maximum absolute atomic E-state index is 12.5. The summed E-state index contributed by atoms with van der Waals surface area (Å²) >= 11 is 1.40. The number of morpholine rings is 1. The van der Waals surface area contributed by atoms with Crippen LogP contribution in [-0.4, -0.2) is 52.7 Å². The first-order chi connectivity index (χ1) is 15.1. The Balaban J connectivity index is 1.48. The number of nitrogens with one attached hydrogen (secondary N) is 2. The molecular weight excluding hydrogens is 410 g/mol. The minimum atomic E-state index is -0.0591. The summed E-state index contributed by atoms with van der Waals surface area (Å²) in [4.78, 5) is 14.0. The second-order valence-electron chi connectivity index (χ2n) is 7.74. The van der Waals surface area contributed by atoms with E-state index in [2.05, 4.69) is 27.0 Å². The van der Waals surface area contributed by atoms with Gasteiger partial charge in [0.25, 0.3) is 0 Å². The Morgan fingerprint density at radius 2 is 1.87 bits per heavy atom. The lowest BCUT2D eigenvalue weighted by Gasteiger charge is -2.23. The molecule has 162 valence electrons. The Kier molecular flexibility index (Phi) is 7.01. The summed E-state index contributed by atoms with van der Waals surface area (Å²) in [5, 5.41) is 12.6. The molecule has 0 radical (unpaired) electrons. The third kappa shape index (κ3) is 5.52. The van der Waals surface area contributed by atoms with Crippen molar-refractivity contribution in [2.75, 3.05) is 37.4 Å². The van der Waals surface area contributed by atoms with Crippen LogP contribution in [0.5, 0.6) is 0 Å². The smallest absolute Gasteiger partial charge is 0.234 e. The van der Waals surface area contributed by atoms with Crippen LogP contribution in [0.1, 0.15) is 17.0 Å². The van der Waals surface area contributed by atoms with Crippen molar-refractivity contribution in [1.82, 2.24) is 14.8 Å². The van der Waals surface area contributed by atoms with Crippen molar-refractivity contribution in [2.45, 2.75) is 25.5 Å². The average Bonchev–Trinajstić information content (AvgIpc) is 3.18. The summed E-state index contributed by atoms with van der Waals surface area (Å²) in [6, 6.07) is 16.0. The fraction of sp³-hybridized carbons (Fsp3) is 0.348. The average molecular weight is 439 g/mol. The standard InChI is InChI=1S/C23H27N5O2S/c1-17-8-9-19(14-18(17)2)24-22(29)16-31-23-26-25-21(15-27-10-12-30-13-11-27)28(23)20-6-4-3-5-7-20/h3-9,14H,10-13,15-16H2,1-2H3,(H,24,29)/p+1. The zero-order valence-electron chi connectivity index (χ0n) is 17.9. The van der Waals surface area contributed by atoms with Crippen LogP contribution in [0, 0.1) is 13.8 Å². The number of benzene rings is 2. The molecule has 1 aliphatic rings. The van der Waals surface area contributed by atoms with E-state index >= 15 is 0 Å². The van der Waals surface area contributed by atoms with Gasteiger partial charge in [-0.15, -0.1) is 10.2 Å². The molecule has 0 atom stereocenters. The number of amides is 1. The van der Waals surface area contributed by atoms with Crippen LogP contribution >= 0.6 is 11.8 Å². The van der Waals surface area contributed by atoms with Crippen LogP contribution in [0.2, 0.25) is 0 Å². The number of ether oxygens (including phenoxy) is 1. The molecule has 1 fully saturated rings. The van der Waals surface area contributed by atoms with Gasteiger partial charge in [0.1, 0.15) is 19.6 Å². The number of anilines is 1. The molecule has 8 heteroatoms. The molecule has 0 unspecified atom stereocenters. The van der Waals surface area contributed by atoms with Crippen LogP contribution < -0.4 is 10.2 Å². The van der Waals surface area contributed by atoms with E-state index < -0.39 is 0 Å². The van der Waals surface area contributed by atoms with Crippen LogP contribution in [0.15, 0.2) is 53.7 Å². The molecule has 31 heavy (non-hydrogen) atoms. The van der Waals surface area contributed by atoms with Crippen LogP contribution in [0.3, 0.4) is 0 Å². The zero-order valence-corrected chi connectivity index (χ0v) is 18.7. The van der Waals surface area contributed by atoms with Gasteiger partial charge in [0.05, 0.1) is 19.0 Å². The molecule has 0 saturated carbocycles. The summed E-state index contributed by atoms with van der Waals surface area (Å²) in [6.07, 6.45) is 0. The highest BCUT2D eigenvalue weighted by molar-refractivity contribution is 7.99. The molecule has 2 aromatic carbocycles. The molecule has 1 amide bonds. The van der Waals surface area contributed by atoms with Crippen molar-refractivity contribution >= 4 is 23.4 Å². The van der Waals surface area contributed by atoms with E-state index in [0.29, 0.717) is 0 Å². The van der Waals surface area contributed by atoms with Gasteiger partial charge in [-0.1, -0.05) is 36.0 Å². The highest BCUT2D eigenvalue weighted by atomic mass is 32.2. The van der Waals surface area contributed by atoms with Gasteiger partial charge in [-0.05, 0) is 49.2 Å². The van der Waals surface area contributed by atoms with Gasteiger partial charge in [0, 0.05) is 11.4 Å². The number of hydrogen-bond donors (Lipinski definition) is 2. The maximum atomic E-state index is 12.5. The number of thioether (sulfide) groups is 1. The molecule has 1 aliphatic heterocycles. The van der Waals surface area contributed by atoms with Gasteiger partial charge in [0.2, 0.25) is 5.91 Å². The Labute approximate surface area is 186 Å². The maximum Gasteiger partial charge on any atom is 0.234 e. The lowest BCUT2D eigenvalue weighted by atomic mass is 10.1. The first kappa shape index (κ1) is 21.5. The third-order valence-corrected chi connectivity index (χ3v) is 6.37. The first-order valence-electron chi connectivity index (χ1n) is 10.5. The van der Waals surface area contributed by atoms with Gasteiger partial charge in [0.15, 0.2) is 11.0 Å². The number of carbonyl (C=O) groups is 1. The first-order valence-corrected chi connectivity index (χ1v) is 11.5. The molecule has 7 nitrogen and oxygen atoms in total.